The lowest BCUT2D eigenvalue weighted by molar-refractivity contribution is -0.385. The summed E-state index contributed by atoms with van der Waals surface area (Å²) in [4.78, 5) is 32.5. The molecule has 3 heterocycles. The van der Waals surface area contributed by atoms with Crippen LogP contribution in [0.25, 0.3) is 10.2 Å². The Hall–Kier alpha value is -3.09. The standard InChI is InChI=1S/C20H21N5O5S2/c1-13-5-6-14(12-16(13)25(27)28)32(29,30)22-17-15-4-3-7-21-19(15)31-18(17)20(26)24-10-8-23(2)9-11-24/h3-7,12,22H,8-11H2,1-2H3. The molecule has 0 bridgehead atoms. The summed E-state index contributed by atoms with van der Waals surface area (Å²) in [6, 6.07) is 7.06. The second-order valence-corrected chi connectivity index (χ2v) is 10.3. The van der Waals surface area contributed by atoms with Crippen LogP contribution in [0, 0.1) is 17.0 Å². The normalized spacial score (nSPS) is 15.1. The van der Waals surface area contributed by atoms with Gasteiger partial charge in [-0.05, 0) is 32.2 Å². The Labute approximate surface area is 188 Å². The summed E-state index contributed by atoms with van der Waals surface area (Å²) in [5.74, 6) is -0.270. The van der Waals surface area contributed by atoms with E-state index in [0.29, 0.717) is 28.9 Å². The Kier molecular flexibility index (Phi) is 5.84. The van der Waals surface area contributed by atoms with Gasteiger partial charge in [0.25, 0.3) is 21.6 Å². The minimum Gasteiger partial charge on any atom is -0.335 e. The van der Waals surface area contributed by atoms with Crippen molar-refractivity contribution in [2.24, 2.45) is 0 Å². The minimum atomic E-state index is -4.20. The monoisotopic (exact) mass is 475 g/mol. The number of hydrogen-bond donors (Lipinski definition) is 1. The van der Waals surface area contributed by atoms with Crippen LogP contribution < -0.4 is 4.72 Å². The number of pyridine rings is 1. The van der Waals surface area contributed by atoms with E-state index < -0.39 is 14.9 Å². The first-order valence-corrected chi connectivity index (χ1v) is 12.1. The van der Waals surface area contributed by atoms with Gasteiger partial charge in [0.1, 0.15) is 9.71 Å². The molecule has 1 fully saturated rings. The van der Waals surface area contributed by atoms with Gasteiger partial charge in [-0.1, -0.05) is 6.07 Å². The number of nitro groups is 1. The van der Waals surface area contributed by atoms with Gasteiger partial charge in [0, 0.05) is 49.4 Å². The third-order valence-electron chi connectivity index (χ3n) is 5.38. The summed E-state index contributed by atoms with van der Waals surface area (Å²) >= 11 is 1.12. The topological polar surface area (TPSA) is 126 Å². The average molecular weight is 476 g/mol. The molecule has 0 radical (unpaired) electrons. The molecule has 1 aromatic carbocycles. The summed E-state index contributed by atoms with van der Waals surface area (Å²) in [5, 5.41) is 11.8. The van der Waals surface area contributed by atoms with Crippen molar-refractivity contribution in [1.82, 2.24) is 14.8 Å². The molecule has 1 aliphatic heterocycles. The average Bonchev–Trinajstić information content (AvgIpc) is 3.11. The Bertz CT molecular complexity index is 1310. The van der Waals surface area contributed by atoms with E-state index in [0.717, 1.165) is 30.5 Å². The van der Waals surface area contributed by atoms with Crippen LogP contribution in [-0.4, -0.2) is 67.3 Å². The van der Waals surface area contributed by atoms with E-state index >= 15 is 0 Å². The third-order valence-corrected chi connectivity index (χ3v) is 7.82. The van der Waals surface area contributed by atoms with Crippen LogP contribution in [0.2, 0.25) is 0 Å². The maximum absolute atomic E-state index is 13.3. The molecule has 2 aromatic heterocycles. The molecule has 0 spiro atoms. The van der Waals surface area contributed by atoms with Gasteiger partial charge in [-0.25, -0.2) is 13.4 Å². The van der Waals surface area contributed by atoms with Crippen molar-refractivity contribution >= 4 is 48.9 Å². The van der Waals surface area contributed by atoms with Crippen molar-refractivity contribution in [3.63, 3.8) is 0 Å². The van der Waals surface area contributed by atoms with E-state index in [1.165, 1.54) is 19.1 Å². The Balaban J connectivity index is 1.75. The highest BCUT2D eigenvalue weighted by molar-refractivity contribution is 7.92. The number of aromatic nitrogens is 1. The molecule has 10 nitrogen and oxygen atoms in total. The first-order valence-electron chi connectivity index (χ1n) is 9.80. The minimum absolute atomic E-state index is 0.144. The zero-order valence-corrected chi connectivity index (χ0v) is 19.1. The zero-order valence-electron chi connectivity index (χ0n) is 17.4. The number of aryl methyl sites for hydroxylation is 1. The molecule has 32 heavy (non-hydrogen) atoms. The van der Waals surface area contributed by atoms with Crippen molar-refractivity contribution in [3.8, 4) is 0 Å². The number of rotatable bonds is 5. The lowest BCUT2D eigenvalue weighted by atomic mass is 10.2. The number of hydrogen-bond acceptors (Lipinski definition) is 8. The highest BCUT2D eigenvalue weighted by Crippen LogP contribution is 2.37. The number of thiophene rings is 1. The molecule has 4 rings (SSSR count). The number of benzene rings is 1. The second-order valence-electron chi connectivity index (χ2n) is 7.57. The second kappa shape index (κ2) is 8.45. The number of anilines is 1. The van der Waals surface area contributed by atoms with Gasteiger partial charge in [0.2, 0.25) is 0 Å². The summed E-state index contributed by atoms with van der Waals surface area (Å²) < 4.78 is 28.8. The number of amides is 1. The van der Waals surface area contributed by atoms with Gasteiger partial charge in [0.15, 0.2) is 0 Å². The first-order chi connectivity index (χ1) is 15.2. The third kappa shape index (κ3) is 4.16. The van der Waals surface area contributed by atoms with Crippen LogP contribution in [0.15, 0.2) is 41.4 Å². The van der Waals surface area contributed by atoms with Gasteiger partial charge in [-0.3, -0.25) is 19.6 Å². The zero-order chi connectivity index (χ0) is 23.0. The van der Waals surface area contributed by atoms with Crippen molar-refractivity contribution in [2.75, 3.05) is 37.9 Å². The van der Waals surface area contributed by atoms with Crippen LogP contribution in [0.4, 0.5) is 11.4 Å². The maximum Gasteiger partial charge on any atom is 0.273 e. The molecule has 1 aliphatic rings. The smallest absolute Gasteiger partial charge is 0.273 e. The molecule has 1 saturated heterocycles. The fraction of sp³-hybridized carbons (Fsp3) is 0.300. The molecule has 3 aromatic rings. The molecule has 0 atom stereocenters. The van der Waals surface area contributed by atoms with E-state index in [1.54, 1.807) is 23.2 Å². The quantitative estimate of drug-likeness (QED) is 0.444. The number of nitrogens with zero attached hydrogens (tertiary/aromatic N) is 4. The molecule has 168 valence electrons. The van der Waals surface area contributed by atoms with Gasteiger partial charge in [0.05, 0.1) is 15.5 Å². The summed E-state index contributed by atoms with van der Waals surface area (Å²) in [5.41, 5.74) is 0.203. The van der Waals surface area contributed by atoms with E-state index in [2.05, 4.69) is 14.6 Å². The summed E-state index contributed by atoms with van der Waals surface area (Å²) in [7, 11) is -2.22. The van der Waals surface area contributed by atoms with E-state index in [1.807, 2.05) is 7.05 Å². The van der Waals surface area contributed by atoms with Crippen molar-refractivity contribution in [3.05, 3.63) is 57.1 Å². The number of carbonyl (C=O) groups excluding carboxylic acids is 1. The molecule has 1 amide bonds. The molecule has 0 saturated carbocycles. The Morgan fingerprint density at radius 1 is 1.22 bits per heavy atom. The number of nitrogens with one attached hydrogen (secondary N) is 1. The van der Waals surface area contributed by atoms with Gasteiger partial charge < -0.3 is 9.80 Å². The van der Waals surface area contributed by atoms with Crippen molar-refractivity contribution in [2.45, 2.75) is 11.8 Å². The SMILES string of the molecule is Cc1ccc(S(=O)(=O)Nc2c(C(=O)N3CCN(C)CC3)sc3ncccc23)cc1[N+](=O)[O-]. The van der Waals surface area contributed by atoms with Crippen LogP contribution in [0.1, 0.15) is 15.2 Å². The summed E-state index contributed by atoms with van der Waals surface area (Å²) in [6.07, 6.45) is 1.57. The fourth-order valence-electron chi connectivity index (χ4n) is 3.48. The number of carbonyl (C=O) groups is 1. The molecule has 12 heteroatoms. The number of likely N-dealkylation sites (N-methyl/N-ethyl adjacent to an activating group) is 1. The predicted octanol–water partition coefficient (Wildman–Crippen LogP) is 2.70. The van der Waals surface area contributed by atoms with E-state index in [9.17, 15) is 23.3 Å². The van der Waals surface area contributed by atoms with Crippen LogP contribution in [-0.2, 0) is 10.0 Å². The largest absolute Gasteiger partial charge is 0.335 e. The lowest BCUT2D eigenvalue weighted by Gasteiger charge is -2.32. The highest BCUT2D eigenvalue weighted by atomic mass is 32.2. The number of piperazine rings is 1. The predicted molar refractivity (Wildman–Crippen MR) is 122 cm³/mol. The van der Waals surface area contributed by atoms with Crippen molar-refractivity contribution in [1.29, 1.82) is 0 Å². The van der Waals surface area contributed by atoms with E-state index in [4.69, 9.17) is 0 Å². The number of nitro benzene ring substituents is 1. The lowest BCUT2D eigenvalue weighted by Crippen LogP contribution is -2.47. The first kappa shape index (κ1) is 22.1. The van der Waals surface area contributed by atoms with E-state index in [-0.39, 0.29) is 27.1 Å². The molecular weight excluding hydrogens is 454 g/mol. The van der Waals surface area contributed by atoms with Crippen molar-refractivity contribution < 1.29 is 18.1 Å². The van der Waals surface area contributed by atoms with Gasteiger partial charge in [-0.2, -0.15) is 0 Å². The fourth-order valence-corrected chi connectivity index (χ4v) is 5.73. The molecular formula is C20H21N5O5S2. The van der Waals surface area contributed by atoms with Gasteiger partial charge >= 0.3 is 0 Å². The molecule has 0 aliphatic carbocycles. The maximum atomic E-state index is 13.3. The number of sulfonamides is 1. The van der Waals surface area contributed by atoms with Crippen LogP contribution in [0.5, 0.6) is 0 Å². The highest BCUT2D eigenvalue weighted by Gasteiger charge is 2.29. The van der Waals surface area contributed by atoms with Crippen LogP contribution >= 0.6 is 11.3 Å². The Morgan fingerprint density at radius 2 is 1.94 bits per heavy atom. The summed E-state index contributed by atoms with van der Waals surface area (Å²) in [6.45, 7) is 4.06. The van der Waals surface area contributed by atoms with Crippen LogP contribution in [0.3, 0.4) is 0 Å². The number of fused-ring (bicyclic) bond motifs is 1. The molecule has 0 unspecified atom stereocenters. The van der Waals surface area contributed by atoms with Gasteiger partial charge in [-0.15, -0.1) is 11.3 Å². The Morgan fingerprint density at radius 3 is 2.62 bits per heavy atom. The molecule has 1 N–H and O–H groups in total.